The molecule has 0 aromatic carbocycles. The molecule has 1 aromatic rings. The lowest BCUT2D eigenvalue weighted by Gasteiger charge is -2.29. The number of carbonyl (C=O) groups is 1. The highest BCUT2D eigenvalue weighted by Crippen LogP contribution is 2.28. The van der Waals surface area contributed by atoms with Crippen LogP contribution < -0.4 is 4.90 Å². The minimum atomic E-state index is -0.699. The fourth-order valence-electron chi connectivity index (χ4n) is 3.22. The van der Waals surface area contributed by atoms with E-state index in [0.717, 1.165) is 42.4 Å². The van der Waals surface area contributed by atoms with Crippen LogP contribution in [-0.2, 0) is 17.6 Å². The number of carboxylic acids is 1. The first-order valence-electron chi connectivity index (χ1n) is 7.49. The van der Waals surface area contributed by atoms with Crippen molar-refractivity contribution in [3.05, 3.63) is 17.0 Å². The Morgan fingerprint density at radius 3 is 2.70 bits per heavy atom. The molecule has 1 N–H and O–H groups in total. The Balaban J connectivity index is 1.87. The zero-order valence-electron chi connectivity index (χ0n) is 11.9. The van der Waals surface area contributed by atoms with Gasteiger partial charge in [-0.1, -0.05) is 0 Å². The number of rotatable bonds is 2. The highest BCUT2D eigenvalue weighted by Gasteiger charge is 2.28. The van der Waals surface area contributed by atoms with Gasteiger partial charge in [0.2, 0.25) is 5.95 Å². The van der Waals surface area contributed by atoms with Crippen molar-refractivity contribution in [2.75, 3.05) is 18.0 Å². The van der Waals surface area contributed by atoms with Gasteiger partial charge in [0.15, 0.2) is 0 Å². The van der Waals surface area contributed by atoms with Crippen molar-refractivity contribution in [3.8, 4) is 0 Å². The van der Waals surface area contributed by atoms with Crippen LogP contribution in [0.1, 0.15) is 42.6 Å². The van der Waals surface area contributed by atoms with Crippen LogP contribution in [0.25, 0.3) is 0 Å². The second-order valence-corrected chi connectivity index (χ2v) is 5.86. The van der Waals surface area contributed by atoms with E-state index in [0.29, 0.717) is 12.8 Å². The van der Waals surface area contributed by atoms with Crippen molar-refractivity contribution in [2.45, 2.75) is 45.4 Å². The normalized spacial score (nSPS) is 22.4. The standard InChI is InChI=1S/C15H21N3O2/c1-10-12-9-11(14(19)20)5-6-13(12)17-15(16-10)18-7-3-2-4-8-18/h11H,2-9H2,1H3,(H,19,20). The minimum Gasteiger partial charge on any atom is -0.481 e. The average molecular weight is 275 g/mol. The van der Waals surface area contributed by atoms with Crippen LogP contribution >= 0.6 is 0 Å². The van der Waals surface area contributed by atoms with E-state index in [1.165, 1.54) is 19.3 Å². The first kappa shape index (κ1) is 13.3. The third-order valence-corrected chi connectivity index (χ3v) is 4.46. The van der Waals surface area contributed by atoms with Gasteiger partial charge >= 0.3 is 5.97 Å². The van der Waals surface area contributed by atoms with E-state index in [4.69, 9.17) is 10.1 Å². The molecule has 1 unspecified atom stereocenters. The van der Waals surface area contributed by atoms with Gasteiger partial charge < -0.3 is 10.0 Å². The zero-order valence-corrected chi connectivity index (χ0v) is 11.9. The van der Waals surface area contributed by atoms with Crippen molar-refractivity contribution < 1.29 is 9.90 Å². The van der Waals surface area contributed by atoms with Crippen LogP contribution in [0.2, 0.25) is 0 Å². The topological polar surface area (TPSA) is 66.3 Å². The lowest BCUT2D eigenvalue weighted by molar-refractivity contribution is -0.142. The maximum absolute atomic E-state index is 11.1. The Labute approximate surface area is 119 Å². The predicted octanol–water partition coefficient (Wildman–Crippen LogP) is 1.96. The molecule has 0 saturated carbocycles. The maximum Gasteiger partial charge on any atom is 0.306 e. The van der Waals surface area contributed by atoms with Gasteiger partial charge in [-0.3, -0.25) is 4.79 Å². The van der Waals surface area contributed by atoms with Gasteiger partial charge in [-0.05, 0) is 51.0 Å². The Morgan fingerprint density at radius 1 is 1.25 bits per heavy atom. The third-order valence-electron chi connectivity index (χ3n) is 4.46. The van der Waals surface area contributed by atoms with Crippen molar-refractivity contribution in [3.63, 3.8) is 0 Å². The number of hydrogen-bond acceptors (Lipinski definition) is 4. The third kappa shape index (κ3) is 2.49. The number of fused-ring (bicyclic) bond motifs is 1. The van der Waals surface area contributed by atoms with Gasteiger partial charge in [0.25, 0.3) is 0 Å². The monoisotopic (exact) mass is 275 g/mol. The molecule has 1 aromatic heterocycles. The molecule has 1 fully saturated rings. The summed E-state index contributed by atoms with van der Waals surface area (Å²) in [7, 11) is 0. The van der Waals surface area contributed by atoms with Crippen molar-refractivity contribution in [2.24, 2.45) is 5.92 Å². The molecular weight excluding hydrogens is 254 g/mol. The molecule has 3 rings (SSSR count). The van der Waals surface area contributed by atoms with Gasteiger partial charge in [0, 0.05) is 24.5 Å². The molecule has 5 heteroatoms. The highest BCUT2D eigenvalue weighted by atomic mass is 16.4. The Morgan fingerprint density at radius 2 is 2.00 bits per heavy atom. The van der Waals surface area contributed by atoms with Crippen LogP contribution in [0.3, 0.4) is 0 Å². The fraction of sp³-hybridized carbons (Fsp3) is 0.667. The number of anilines is 1. The molecule has 0 amide bonds. The molecule has 5 nitrogen and oxygen atoms in total. The molecule has 1 aliphatic heterocycles. The summed E-state index contributed by atoms with van der Waals surface area (Å²) in [6.45, 7) is 4.06. The first-order chi connectivity index (χ1) is 9.65. The van der Waals surface area contributed by atoms with E-state index in [1.807, 2.05) is 6.92 Å². The van der Waals surface area contributed by atoms with E-state index in [2.05, 4.69) is 9.88 Å². The van der Waals surface area contributed by atoms with Crippen molar-refractivity contribution in [1.82, 2.24) is 9.97 Å². The average Bonchev–Trinajstić information content (AvgIpc) is 2.47. The predicted molar refractivity (Wildman–Crippen MR) is 76.0 cm³/mol. The lowest BCUT2D eigenvalue weighted by Crippen LogP contribution is -2.32. The highest BCUT2D eigenvalue weighted by molar-refractivity contribution is 5.71. The molecule has 1 saturated heterocycles. The number of piperidine rings is 1. The summed E-state index contributed by atoms with van der Waals surface area (Å²) in [5.41, 5.74) is 3.08. The molecule has 1 aliphatic carbocycles. The second-order valence-electron chi connectivity index (χ2n) is 5.86. The van der Waals surface area contributed by atoms with Crippen LogP contribution in [0, 0.1) is 12.8 Å². The molecule has 0 bridgehead atoms. The number of hydrogen-bond donors (Lipinski definition) is 1. The van der Waals surface area contributed by atoms with Crippen LogP contribution in [0.5, 0.6) is 0 Å². The van der Waals surface area contributed by atoms with Crippen LogP contribution in [-0.4, -0.2) is 34.1 Å². The molecule has 2 aliphatic rings. The Hall–Kier alpha value is -1.65. The molecule has 20 heavy (non-hydrogen) atoms. The SMILES string of the molecule is Cc1nc(N2CCCCC2)nc2c1CC(C(=O)O)CC2. The van der Waals surface area contributed by atoms with E-state index in [-0.39, 0.29) is 5.92 Å². The van der Waals surface area contributed by atoms with Gasteiger partial charge in [-0.2, -0.15) is 0 Å². The van der Waals surface area contributed by atoms with Gasteiger partial charge in [-0.15, -0.1) is 0 Å². The summed E-state index contributed by atoms with van der Waals surface area (Å²) in [6, 6.07) is 0. The first-order valence-corrected chi connectivity index (χ1v) is 7.49. The van der Waals surface area contributed by atoms with Crippen molar-refractivity contribution >= 4 is 11.9 Å². The number of aromatic nitrogens is 2. The summed E-state index contributed by atoms with van der Waals surface area (Å²) in [5, 5.41) is 9.16. The lowest BCUT2D eigenvalue weighted by atomic mass is 9.86. The zero-order chi connectivity index (χ0) is 14.1. The van der Waals surface area contributed by atoms with E-state index in [9.17, 15) is 4.79 Å². The summed E-state index contributed by atoms with van der Waals surface area (Å²) < 4.78 is 0. The second kappa shape index (κ2) is 5.38. The molecule has 1 atom stereocenters. The largest absolute Gasteiger partial charge is 0.481 e. The van der Waals surface area contributed by atoms with Crippen LogP contribution in [0.15, 0.2) is 0 Å². The summed E-state index contributed by atoms with van der Waals surface area (Å²) >= 11 is 0. The van der Waals surface area contributed by atoms with Crippen LogP contribution in [0.4, 0.5) is 5.95 Å². The molecular formula is C15H21N3O2. The van der Waals surface area contributed by atoms with E-state index in [1.54, 1.807) is 0 Å². The number of aryl methyl sites for hydroxylation is 2. The Kier molecular flexibility index (Phi) is 3.59. The number of aliphatic carboxylic acids is 1. The quantitative estimate of drug-likeness (QED) is 0.893. The maximum atomic E-state index is 11.1. The van der Waals surface area contributed by atoms with Gasteiger partial charge in [0.05, 0.1) is 5.92 Å². The smallest absolute Gasteiger partial charge is 0.306 e. The van der Waals surface area contributed by atoms with E-state index < -0.39 is 5.97 Å². The van der Waals surface area contributed by atoms with E-state index >= 15 is 0 Å². The molecule has 0 radical (unpaired) electrons. The number of carboxylic acid groups (broad SMARTS) is 1. The summed E-state index contributed by atoms with van der Waals surface area (Å²) in [4.78, 5) is 22.7. The molecule has 0 spiro atoms. The summed E-state index contributed by atoms with van der Waals surface area (Å²) in [5.74, 6) is -0.129. The molecule has 2 heterocycles. The molecule has 108 valence electrons. The van der Waals surface area contributed by atoms with Gasteiger partial charge in [-0.25, -0.2) is 9.97 Å². The van der Waals surface area contributed by atoms with Gasteiger partial charge in [0.1, 0.15) is 0 Å². The Bertz CT molecular complexity index is 524. The summed E-state index contributed by atoms with van der Waals surface area (Å²) in [6.07, 6.45) is 5.74. The fourth-order valence-corrected chi connectivity index (χ4v) is 3.22. The minimum absolute atomic E-state index is 0.273. The number of nitrogens with zero attached hydrogens (tertiary/aromatic N) is 3. The van der Waals surface area contributed by atoms with Crippen molar-refractivity contribution in [1.29, 1.82) is 0 Å².